The molecule has 0 saturated carbocycles. The first-order valence-electron chi connectivity index (χ1n) is 9.39. The van der Waals surface area contributed by atoms with Crippen LogP contribution in [0.25, 0.3) is 5.69 Å². The molecule has 1 aliphatic rings. The number of rotatable bonds is 3. The van der Waals surface area contributed by atoms with Crippen LogP contribution in [0.1, 0.15) is 40.8 Å². The molecule has 2 aromatic carbocycles. The van der Waals surface area contributed by atoms with Crippen LogP contribution in [0, 0.1) is 13.8 Å². The molecule has 1 aromatic heterocycles. The molecular weight excluding hydrogens is 377 g/mol. The Morgan fingerprint density at radius 3 is 2.67 bits per heavy atom. The van der Waals surface area contributed by atoms with Crippen LogP contribution in [0.4, 0.5) is 5.82 Å². The zero-order valence-electron chi connectivity index (χ0n) is 15.6. The minimum Gasteiger partial charge on any atom is -0.370 e. The molecule has 5 heteroatoms. The lowest BCUT2D eigenvalue weighted by Gasteiger charge is -2.11. The first-order valence-corrected chi connectivity index (χ1v) is 10.1. The molecule has 4 rings (SSSR count). The van der Waals surface area contributed by atoms with Gasteiger partial charge in [-0.3, -0.25) is 0 Å². The Morgan fingerprint density at radius 1 is 1.04 bits per heavy atom. The van der Waals surface area contributed by atoms with E-state index in [9.17, 15) is 0 Å². The van der Waals surface area contributed by atoms with Gasteiger partial charge >= 0.3 is 0 Å². The van der Waals surface area contributed by atoms with Crippen molar-refractivity contribution in [2.75, 3.05) is 11.9 Å². The zero-order chi connectivity index (χ0) is 19.0. The molecule has 0 amide bonds. The molecule has 3 nitrogen and oxygen atoms in total. The van der Waals surface area contributed by atoms with Crippen molar-refractivity contribution in [1.82, 2.24) is 9.78 Å². The fourth-order valence-electron chi connectivity index (χ4n) is 3.61. The van der Waals surface area contributed by atoms with E-state index in [-0.39, 0.29) is 0 Å². The SMILES string of the molecule is Cc1ccc(-n2nc(Cc3ccc(Cl)cc3Cl)c3c2NCCCC3)cc1C. The second-order valence-electron chi connectivity index (χ2n) is 7.25. The summed E-state index contributed by atoms with van der Waals surface area (Å²) in [6, 6.07) is 12.2. The van der Waals surface area contributed by atoms with Gasteiger partial charge in [-0.05, 0) is 74.1 Å². The molecule has 27 heavy (non-hydrogen) atoms. The smallest absolute Gasteiger partial charge is 0.133 e. The van der Waals surface area contributed by atoms with Crippen molar-refractivity contribution in [3.8, 4) is 5.69 Å². The van der Waals surface area contributed by atoms with E-state index in [1.165, 1.54) is 29.5 Å². The Bertz CT molecular complexity index is 991. The van der Waals surface area contributed by atoms with Crippen molar-refractivity contribution in [1.29, 1.82) is 0 Å². The summed E-state index contributed by atoms with van der Waals surface area (Å²) in [6.45, 7) is 5.25. The highest BCUT2D eigenvalue weighted by atomic mass is 35.5. The van der Waals surface area contributed by atoms with Gasteiger partial charge in [-0.2, -0.15) is 5.10 Å². The first-order chi connectivity index (χ1) is 13.0. The maximum atomic E-state index is 6.42. The van der Waals surface area contributed by atoms with Gasteiger partial charge < -0.3 is 5.32 Å². The van der Waals surface area contributed by atoms with Crippen molar-refractivity contribution in [3.05, 3.63) is 74.4 Å². The second-order valence-corrected chi connectivity index (χ2v) is 8.09. The lowest BCUT2D eigenvalue weighted by Crippen LogP contribution is -2.07. The summed E-state index contributed by atoms with van der Waals surface area (Å²) in [4.78, 5) is 0. The Balaban J connectivity index is 1.80. The molecule has 0 spiro atoms. The predicted molar refractivity (Wildman–Crippen MR) is 114 cm³/mol. The fraction of sp³-hybridized carbons (Fsp3) is 0.318. The molecule has 0 aliphatic carbocycles. The van der Waals surface area contributed by atoms with Gasteiger partial charge in [-0.25, -0.2) is 4.68 Å². The van der Waals surface area contributed by atoms with Gasteiger partial charge in [0.15, 0.2) is 0 Å². The van der Waals surface area contributed by atoms with Gasteiger partial charge in [0.2, 0.25) is 0 Å². The summed E-state index contributed by atoms with van der Waals surface area (Å²) >= 11 is 12.5. The number of fused-ring (bicyclic) bond motifs is 1. The molecule has 1 aliphatic heterocycles. The Kier molecular flexibility index (Phi) is 5.16. The topological polar surface area (TPSA) is 29.9 Å². The van der Waals surface area contributed by atoms with Crippen molar-refractivity contribution >= 4 is 29.0 Å². The van der Waals surface area contributed by atoms with Gasteiger partial charge in [0.1, 0.15) is 5.82 Å². The Morgan fingerprint density at radius 2 is 1.89 bits per heavy atom. The van der Waals surface area contributed by atoms with Crippen molar-refractivity contribution in [2.45, 2.75) is 39.5 Å². The summed E-state index contributed by atoms with van der Waals surface area (Å²) in [7, 11) is 0. The molecule has 2 heterocycles. The average Bonchev–Trinajstić information content (AvgIpc) is 2.81. The third-order valence-electron chi connectivity index (χ3n) is 5.32. The van der Waals surface area contributed by atoms with E-state index in [0.717, 1.165) is 35.7 Å². The van der Waals surface area contributed by atoms with E-state index in [1.54, 1.807) is 6.07 Å². The lowest BCUT2D eigenvalue weighted by atomic mass is 10.0. The number of hydrogen-bond donors (Lipinski definition) is 1. The third kappa shape index (κ3) is 3.71. The van der Waals surface area contributed by atoms with E-state index in [4.69, 9.17) is 28.3 Å². The monoisotopic (exact) mass is 399 g/mol. The number of aryl methyl sites for hydroxylation is 2. The highest BCUT2D eigenvalue weighted by molar-refractivity contribution is 6.35. The minimum atomic E-state index is 0.657. The van der Waals surface area contributed by atoms with Crippen molar-refractivity contribution in [3.63, 3.8) is 0 Å². The highest BCUT2D eigenvalue weighted by Crippen LogP contribution is 2.31. The van der Waals surface area contributed by atoms with E-state index < -0.39 is 0 Å². The third-order valence-corrected chi connectivity index (χ3v) is 5.91. The number of benzene rings is 2. The van der Waals surface area contributed by atoms with Crippen LogP contribution < -0.4 is 5.32 Å². The largest absolute Gasteiger partial charge is 0.370 e. The van der Waals surface area contributed by atoms with Crippen LogP contribution in [0.15, 0.2) is 36.4 Å². The summed E-state index contributed by atoms with van der Waals surface area (Å²) in [5.41, 5.74) is 7.10. The maximum Gasteiger partial charge on any atom is 0.133 e. The molecule has 0 atom stereocenters. The predicted octanol–water partition coefficient (Wildman–Crippen LogP) is 6.13. The Hall–Kier alpha value is -1.97. The van der Waals surface area contributed by atoms with Gasteiger partial charge in [-0.15, -0.1) is 0 Å². The van der Waals surface area contributed by atoms with E-state index in [2.05, 4.69) is 42.0 Å². The minimum absolute atomic E-state index is 0.657. The van der Waals surface area contributed by atoms with Crippen LogP contribution in [-0.4, -0.2) is 16.3 Å². The molecule has 140 valence electrons. The van der Waals surface area contributed by atoms with Crippen LogP contribution in [0.2, 0.25) is 10.0 Å². The first kappa shape index (κ1) is 18.4. The number of nitrogens with one attached hydrogen (secondary N) is 1. The van der Waals surface area contributed by atoms with Gasteiger partial charge in [0.25, 0.3) is 0 Å². The molecule has 0 saturated heterocycles. The number of aromatic nitrogens is 2. The van der Waals surface area contributed by atoms with Gasteiger partial charge in [-0.1, -0.05) is 35.3 Å². The van der Waals surface area contributed by atoms with Gasteiger partial charge in [0, 0.05) is 28.6 Å². The normalized spacial score (nSPS) is 13.8. The van der Waals surface area contributed by atoms with E-state index in [0.29, 0.717) is 16.5 Å². The van der Waals surface area contributed by atoms with Crippen LogP contribution in [0.3, 0.4) is 0 Å². The van der Waals surface area contributed by atoms with Crippen LogP contribution >= 0.6 is 23.2 Å². The highest BCUT2D eigenvalue weighted by Gasteiger charge is 2.21. The Labute approximate surface area is 170 Å². The van der Waals surface area contributed by atoms with Crippen molar-refractivity contribution < 1.29 is 0 Å². The quantitative estimate of drug-likeness (QED) is 0.573. The molecule has 3 aromatic rings. The molecular formula is C22H23Cl2N3. The standard InChI is InChI=1S/C22H23Cl2N3/c1-14-6-9-18(11-15(14)2)27-22-19(5-3-4-10-25-22)21(26-27)12-16-7-8-17(23)13-20(16)24/h6-9,11,13,25H,3-5,10,12H2,1-2H3. The van der Waals surface area contributed by atoms with Crippen LogP contribution in [-0.2, 0) is 12.8 Å². The maximum absolute atomic E-state index is 6.42. The molecule has 0 bridgehead atoms. The van der Waals surface area contributed by atoms with Crippen molar-refractivity contribution in [2.24, 2.45) is 0 Å². The zero-order valence-corrected chi connectivity index (χ0v) is 17.2. The number of hydrogen-bond acceptors (Lipinski definition) is 2. The summed E-state index contributed by atoms with van der Waals surface area (Å²) in [6.07, 6.45) is 4.08. The summed E-state index contributed by atoms with van der Waals surface area (Å²) in [5, 5.41) is 9.95. The molecule has 0 fully saturated rings. The number of nitrogens with zero attached hydrogens (tertiary/aromatic N) is 2. The molecule has 0 unspecified atom stereocenters. The number of halogens is 2. The number of anilines is 1. The molecule has 1 N–H and O–H groups in total. The summed E-state index contributed by atoms with van der Waals surface area (Å²) in [5.74, 6) is 1.12. The average molecular weight is 400 g/mol. The van der Waals surface area contributed by atoms with Gasteiger partial charge in [0.05, 0.1) is 11.4 Å². The second kappa shape index (κ2) is 7.57. The lowest BCUT2D eigenvalue weighted by molar-refractivity contribution is 0.767. The fourth-order valence-corrected chi connectivity index (χ4v) is 4.08. The van der Waals surface area contributed by atoms with Crippen LogP contribution in [0.5, 0.6) is 0 Å². The van der Waals surface area contributed by atoms with E-state index >= 15 is 0 Å². The molecule has 0 radical (unpaired) electrons. The van der Waals surface area contributed by atoms with E-state index in [1.807, 2.05) is 12.1 Å². The summed E-state index contributed by atoms with van der Waals surface area (Å²) < 4.78 is 2.06.